The van der Waals surface area contributed by atoms with Gasteiger partial charge in [0.25, 0.3) is 0 Å². The first kappa shape index (κ1) is 29.0. The van der Waals surface area contributed by atoms with Gasteiger partial charge in [0, 0.05) is 50.3 Å². The SMILES string of the molecule is CC(Oc1ccc(C#N)cn1)C1CN(C(=O)C2CCCN(C(=O)OC(C)(C)C)C2)CC1c1ccc(Cl)c(Cl)c1. The van der Waals surface area contributed by atoms with Crippen LogP contribution in [0.5, 0.6) is 5.88 Å². The Hall–Kier alpha value is -3.02. The second-order valence-electron chi connectivity index (χ2n) is 11.3. The van der Waals surface area contributed by atoms with E-state index in [1.807, 2.05) is 44.7 Å². The Balaban J connectivity index is 1.52. The molecule has 10 heteroatoms. The number of carbonyl (C=O) groups excluding carboxylic acids is 2. The van der Waals surface area contributed by atoms with E-state index in [9.17, 15) is 9.59 Å². The van der Waals surface area contributed by atoms with Gasteiger partial charge in [-0.05, 0) is 64.3 Å². The Labute approximate surface area is 239 Å². The van der Waals surface area contributed by atoms with Crippen molar-refractivity contribution in [1.29, 1.82) is 5.26 Å². The van der Waals surface area contributed by atoms with Crippen molar-refractivity contribution in [2.75, 3.05) is 26.2 Å². The van der Waals surface area contributed by atoms with Crippen LogP contribution < -0.4 is 4.74 Å². The summed E-state index contributed by atoms with van der Waals surface area (Å²) in [5.74, 6) is 0.0617. The second kappa shape index (κ2) is 12.0. The third-order valence-electron chi connectivity index (χ3n) is 7.25. The van der Waals surface area contributed by atoms with Crippen LogP contribution in [0.2, 0.25) is 10.0 Å². The fourth-order valence-electron chi connectivity index (χ4n) is 5.30. The summed E-state index contributed by atoms with van der Waals surface area (Å²) < 4.78 is 11.7. The Morgan fingerprint density at radius 3 is 2.51 bits per heavy atom. The Morgan fingerprint density at radius 2 is 1.87 bits per heavy atom. The molecule has 4 rings (SSSR count). The van der Waals surface area contributed by atoms with Gasteiger partial charge in [0.2, 0.25) is 11.8 Å². The van der Waals surface area contributed by atoms with Crippen molar-refractivity contribution in [1.82, 2.24) is 14.8 Å². The molecule has 2 aromatic rings. The number of benzene rings is 1. The third-order valence-corrected chi connectivity index (χ3v) is 7.98. The van der Waals surface area contributed by atoms with Gasteiger partial charge in [0.15, 0.2) is 0 Å². The van der Waals surface area contributed by atoms with Crippen LogP contribution >= 0.6 is 23.2 Å². The minimum absolute atomic E-state index is 0.0273. The molecule has 208 valence electrons. The van der Waals surface area contributed by atoms with Crippen LogP contribution in [0.1, 0.15) is 57.6 Å². The van der Waals surface area contributed by atoms with Crippen molar-refractivity contribution < 1.29 is 19.1 Å². The van der Waals surface area contributed by atoms with Crippen LogP contribution in [-0.2, 0) is 9.53 Å². The number of pyridine rings is 1. The zero-order valence-electron chi connectivity index (χ0n) is 22.7. The lowest BCUT2D eigenvalue weighted by Gasteiger charge is -2.35. The topological polar surface area (TPSA) is 95.8 Å². The minimum Gasteiger partial charge on any atom is -0.474 e. The molecule has 2 fully saturated rings. The number of hydrogen-bond donors (Lipinski definition) is 0. The Kier molecular flexibility index (Phi) is 8.93. The van der Waals surface area contributed by atoms with Gasteiger partial charge in [0.1, 0.15) is 17.8 Å². The summed E-state index contributed by atoms with van der Waals surface area (Å²) in [6, 6.07) is 11.0. The summed E-state index contributed by atoms with van der Waals surface area (Å²) >= 11 is 12.5. The zero-order chi connectivity index (χ0) is 28.3. The molecule has 8 nitrogen and oxygen atoms in total. The van der Waals surface area contributed by atoms with E-state index in [1.54, 1.807) is 23.1 Å². The minimum atomic E-state index is -0.594. The highest BCUT2D eigenvalue weighted by Gasteiger charge is 2.43. The van der Waals surface area contributed by atoms with Crippen LogP contribution in [-0.4, -0.2) is 64.7 Å². The Morgan fingerprint density at radius 1 is 1.10 bits per heavy atom. The maximum Gasteiger partial charge on any atom is 0.410 e. The van der Waals surface area contributed by atoms with Gasteiger partial charge >= 0.3 is 6.09 Å². The first-order valence-electron chi connectivity index (χ1n) is 13.2. The molecule has 0 aliphatic carbocycles. The standard InChI is InChI=1S/C29H34Cl2N4O4/c1-18(38-26-10-7-19(13-32)14-33-26)22-16-35(17-23(22)20-8-9-24(30)25(31)12-20)27(36)21-6-5-11-34(15-21)28(37)39-29(2,3)4/h7-10,12,14,18,21-23H,5-6,11,15-17H2,1-4H3. The molecule has 39 heavy (non-hydrogen) atoms. The predicted octanol–water partition coefficient (Wildman–Crippen LogP) is 5.92. The van der Waals surface area contributed by atoms with Crippen molar-refractivity contribution >= 4 is 35.2 Å². The predicted molar refractivity (Wildman–Crippen MR) is 149 cm³/mol. The molecular formula is C29H34Cl2N4O4. The number of ether oxygens (including phenoxy) is 2. The van der Waals surface area contributed by atoms with Crippen molar-refractivity contribution in [2.45, 2.75) is 58.2 Å². The smallest absolute Gasteiger partial charge is 0.410 e. The summed E-state index contributed by atoms with van der Waals surface area (Å²) in [4.78, 5) is 34.2. The average molecular weight is 574 g/mol. The lowest BCUT2D eigenvalue weighted by atomic mass is 9.86. The van der Waals surface area contributed by atoms with Gasteiger partial charge in [-0.2, -0.15) is 5.26 Å². The fraction of sp³-hybridized carbons (Fsp3) is 0.517. The number of piperidine rings is 1. The molecule has 2 aliphatic rings. The van der Waals surface area contributed by atoms with Crippen LogP contribution in [0, 0.1) is 23.2 Å². The number of nitriles is 1. The van der Waals surface area contributed by atoms with Gasteiger partial charge in [0.05, 0.1) is 21.5 Å². The second-order valence-corrected chi connectivity index (χ2v) is 12.1. The molecule has 0 saturated carbocycles. The summed E-state index contributed by atoms with van der Waals surface area (Å²) in [6.45, 7) is 9.38. The first-order chi connectivity index (χ1) is 18.4. The molecule has 2 saturated heterocycles. The quantitative estimate of drug-likeness (QED) is 0.441. The number of hydrogen-bond acceptors (Lipinski definition) is 6. The fourth-order valence-corrected chi connectivity index (χ4v) is 5.61. The number of aromatic nitrogens is 1. The number of nitrogens with zero attached hydrogens (tertiary/aromatic N) is 4. The van der Waals surface area contributed by atoms with Crippen LogP contribution in [0.25, 0.3) is 0 Å². The molecule has 1 aromatic carbocycles. The molecule has 0 N–H and O–H groups in total. The van der Waals surface area contributed by atoms with Crippen molar-refractivity contribution in [3.05, 3.63) is 57.7 Å². The summed E-state index contributed by atoms with van der Waals surface area (Å²) in [5.41, 5.74) is 0.838. The molecule has 2 aliphatic heterocycles. The van der Waals surface area contributed by atoms with E-state index in [0.717, 1.165) is 18.4 Å². The number of carbonyl (C=O) groups is 2. The van der Waals surface area contributed by atoms with Gasteiger partial charge in [-0.1, -0.05) is 29.3 Å². The maximum absolute atomic E-state index is 13.8. The highest BCUT2D eigenvalue weighted by molar-refractivity contribution is 6.42. The zero-order valence-corrected chi connectivity index (χ0v) is 24.2. The highest BCUT2D eigenvalue weighted by Crippen LogP contribution is 2.39. The van der Waals surface area contributed by atoms with E-state index in [0.29, 0.717) is 47.7 Å². The van der Waals surface area contributed by atoms with Crippen molar-refractivity contribution in [3.8, 4) is 11.9 Å². The number of halogens is 2. The van der Waals surface area contributed by atoms with Crippen LogP contribution in [0.3, 0.4) is 0 Å². The van der Waals surface area contributed by atoms with Gasteiger partial charge in [-0.15, -0.1) is 0 Å². The summed E-state index contributed by atoms with van der Waals surface area (Å²) in [6.07, 6.45) is 2.27. The normalized spacial score (nSPS) is 22.2. The molecule has 3 heterocycles. The van der Waals surface area contributed by atoms with Crippen molar-refractivity contribution in [2.24, 2.45) is 11.8 Å². The molecular weight excluding hydrogens is 539 g/mol. The lowest BCUT2D eigenvalue weighted by molar-refractivity contribution is -0.136. The van der Waals surface area contributed by atoms with Gasteiger partial charge < -0.3 is 19.3 Å². The van der Waals surface area contributed by atoms with E-state index in [2.05, 4.69) is 11.1 Å². The van der Waals surface area contributed by atoms with Gasteiger partial charge in [-0.3, -0.25) is 4.79 Å². The molecule has 0 bridgehead atoms. The largest absolute Gasteiger partial charge is 0.474 e. The highest BCUT2D eigenvalue weighted by atomic mass is 35.5. The molecule has 1 aromatic heterocycles. The van der Waals surface area contributed by atoms with E-state index in [-0.39, 0.29) is 35.9 Å². The number of likely N-dealkylation sites (tertiary alicyclic amines) is 2. The maximum atomic E-state index is 13.8. The van der Waals surface area contributed by atoms with Crippen molar-refractivity contribution in [3.63, 3.8) is 0 Å². The van der Waals surface area contributed by atoms with E-state index >= 15 is 0 Å². The van der Waals surface area contributed by atoms with Crippen LogP contribution in [0.4, 0.5) is 4.79 Å². The first-order valence-corrected chi connectivity index (χ1v) is 13.9. The molecule has 0 spiro atoms. The number of rotatable bonds is 5. The average Bonchev–Trinajstić information content (AvgIpc) is 3.35. The molecule has 4 atom stereocenters. The molecule has 0 radical (unpaired) electrons. The van der Waals surface area contributed by atoms with E-state index in [1.165, 1.54) is 6.20 Å². The van der Waals surface area contributed by atoms with Gasteiger partial charge in [-0.25, -0.2) is 9.78 Å². The summed E-state index contributed by atoms with van der Waals surface area (Å²) in [7, 11) is 0. The molecule has 4 unspecified atom stereocenters. The van der Waals surface area contributed by atoms with E-state index < -0.39 is 5.60 Å². The Bertz CT molecular complexity index is 1240. The van der Waals surface area contributed by atoms with Crippen LogP contribution in [0.15, 0.2) is 36.5 Å². The lowest BCUT2D eigenvalue weighted by Crippen LogP contribution is -2.47. The monoisotopic (exact) mass is 572 g/mol. The number of amides is 2. The third kappa shape index (κ3) is 7.14. The molecule has 2 amide bonds. The van der Waals surface area contributed by atoms with E-state index in [4.69, 9.17) is 37.9 Å². The summed E-state index contributed by atoms with van der Waals surface area (Å²) in [5, 5.41) is 9.98.